The Kier molecular flexibility index (Phi) is 26.4. The second-order valence-corrected chi connectivity index (χ2v) is 6.48. The van der Waals surface area contributed by atoms with Crippen LogP contribution in [-0.2, 0) is 21.7 Å². The first-order valence-electron chi connectivity index (χ1n) is 7.20. The molecule has 0 spiro atoms. The van der Waals surface area contributed by atoms with Gasteiger partial charge in [0.05, 0.1) is 0 Å². The molecule has 0 unspecified atom stereocenters. The minimum Gasteiger partial charge on any atom is -1.00 e. The second-order valence-electron chi connectivity index (χ2n) is 5.32. The number of hydrogen-bond acceptors (Lipinski definition) is 0. The van der Waals surface area contributed by atoms with E-state index in [9.17, 15) is 0 Å². The minimum absolute atomic E-state index is 0. The van der Waals surface area contributed by atoms with Gasteiger partial charge in [0.1, 0.15) is 0 Å². The van der Waals surface area contributed by atoms with Crippen LogP contribution in [0.15, 0.2) is 48.5 Å². The predicted molar refractivity (Wildman–Crippen MR) is 91.1 cm³/mol. The Bertz CT molecular complexity index is 343. The molecule has 0 nitrogen and oxygen atoms in total. The summed E-state index contributed by atoms with van der Waals surface area (Å²) in [6.45, 7) is 13.2. The molecule has 0 saturated carbocycles. The van der Waals surface area contributed by atoms with Crippen molar-refractivity contribution in [1.29, 1.82) is 0 Å². The molecule has 2 aromatic rings. The van der Waals surface area contributed by atoms with E-state index in [1.165, 1.54) is 11.1 Å². The number of halogens is 2. The van der Waals surface area contributed by atoms with E-state index < -0.39 is 0 Å². The van der Waals surface area contributed by atoms with Gasteiger partial charge in [-0.15, -0.1) is 0 Å². The summed E-state index contributed by atoms with van der Waals surface area (Å²) in [5.74, 6) is 1.37. The third kappa shape index (κ3) is 15.1. The van der Waals surface area contributed by atoms with Gasteiger partial charge >= 0.3 is 21.7 Å². The average Bonchev–Trinajstić information content (AvgIpc) is 3.05. The van der Waals surface area contributed by atoms with Crippen molar-refractivity contribution >= 4 is 9.52 Å². The quantitative estimate of drug-likeness (QED) is 0.482. The van der Waals surface area contributed by atoms with Crippen molar-refractivity contribution in [1.82, 2.24) is 0 Å². The van der Waals surface area contributed by atoms with Gasteiger partial charge in [-0.3, -0.25) is 0 Å². The average molecular weight is 392 g/mol. The minimum atomic E-state index is 0. The van der Waals surface area contributed by atoms with E-state index in [-0.39, 0.29) is 46.5 Å². The van der Waals surface area contributed by atoms with Crippen molar-refractivity contribution in [3.8, 4) is 0 Å². The zero-order chi connectivity index (χ0) is 14.7. The molecule has 4 heteroatoms. The maximum absolute atomic E-state index is 2.21. The van der Waals surface area contributed by atoms with E-state index in [4.69, 9.17) is 0 Å². The van der Waals surface area contributed by atoms with Crippen molar-refractivity contribution < 1.29 is 46.5 Å². The fourth-order valence-corrected chi connectivity index (χ4v) is 1.55. The Hall–Kier alpha value is 0.211. The molecule has 22 heavy (non-hydrogen) atoms. The van der Waals surface area contributed by atoms with Crippen LogP contribution in [0.4, 0.5) is 0 Å². The molecule has 0 heterocycles. The molecule has 123 valence electrons. The van der Waals surface area contributed by atoms with Gasteiger partial charge < -0.3 is 24.8 Å². The van der Waals surface area contributed by atoms with E-state index in [1.54, 1.807) is 0 Å². The van der Waals surface area contributed by atoms with Crippen molar-refractivity contribution in [3.05, 3.63) is 59.7 Å². The van der Waals surface area contributed by atoms with Gasteiger partial charge in [0, 0.05) is 9.52 Å². The molecule has 0 aliphatic carbocycles. The summed E-state index contributed by atoms with van der Waals surface area (Å²) in [5, 5.41) is 0. The summed E-state index contributed by atoms with van der Waals surface area (Å²) < 4.78 is 0. The summed E-state index contributed by atoms with van der Waals surface area (Å²) in [6, 6.07) is 16.9. The Morgan fingerprint density at radius 2 is 1.05 bits per heavy atom. The largest absolute Gasteiger partial charge is 4.00 e. The van der Waals surface area contributed by atoms with Gasteiger partial charge in [0.2, 0.25) is 0 Å². The first-order chi connectivity index (χ1) is 9.02. The number of hydrogen-bond donors (Lipinski definition) is 0. The molecule has 0 bridgehead atoms. The molecule has 1 radical (unpaired) electrons. The van der Waals surface area contributed by atoms with Gasteiger partial charge in [-0.05, 0) is 0 Å². The van der Waals surface area contributed by atoms with Gasteiger partial charge in [-0.1, -0.05) is 52.6 Å². The summed E-state index contributed by atoms with van der Waals surface area (Å²) in [5.41, 5.74) is 2.87. The summed E-state index contributed by atoms with van der Waals surface area (Å²) >= 11 is 0. The van der Waals surface area contributed by atoms with Crippen LogP contribution in [-0.4, -0.2) is 9.52 Å². The standard InChI is InChI=1S/2C8H11.C2H7Si.2ClH.Ti/c2*1-7(2)8-5-3-4-6-8;1-3-2;;;/h2*3-7H,1-2H3;3H,1-2H3;2*1H;/q2*-1;;;;+4/p-2. The Morgan fingerprint density at radius 3 is 1.14 bits per heavy atom. The smallest absolute Gasteiger partial charge is 1.00 e. The summed E-state index contributed by atoms with van der Waals surface area (Å²) in [6.07, 6.45) is 0. The van der Waals surface area contributed by atoms with Crippen LogP contribution in [0.3, 0.4) is 0 Å². The Morgan fingerprint density at radius 1 is 0.773 bits per heavy atom. The van der Waals surface area contributed by atoms with E-state index >= 15 is 0 Å². The zero-order valence-corrected chi connectivity index (χ0v) is 18.8. The molecule has 0 fully saturated rings. The first-order valence-corrected chi connectivity index (χ1v) is 9.51. The van der Waals surface area contributed by atoms with Crippen LogP contribution in [0.2, 0.25) is 13.1 Å². The SMILES string of the molecule is CC(C)c1cc[cH-]c1.CC(C)c1cc[cH-]c1.C[SiH]C.[Cl-].[Cl-].[Ti+4]. The predicted octanol–water partition coefficient (Wildman–Crippen LogP) is -0.418. The van der Waals surface area contributed by atoms with Crippen LogP contribution >= 0.6 is 0 Å². The topological polar surface area (TPSA) is 0 Å². The molecular weight excluding hydrogens is 363 g/mol. The van der Waals surface area contributed by atoms with E-state index in [0.29, 0.717) is 11.8 Å². The van der Waals surface area contributed by atoms with Gasteiger partial charge in [-0.2, -0.15) is 47.5 Å². The van der Waals surface area contributed by atoms with Crippen LogP contribution in [0, 0.1) is 0 Å². The normalized spacial score (nSPS) is 8.36. The monoisotopic (exact) mass is 391 g/mol. The van der Waals surface area contributed by atoms with Crippen LogP contribution in [0.5, 0.6) is 0 Å². The fourth-order valence-electron chi connectivity index (χ4n) is 1.55. The molecule has 0 N–H and O–H groups in total. The van der Waals surface area contributed by atoms with Crippen molar-refractivity contribution in [2.24, 2.45) is 0 Å². The zero-order valence-electron chi connectivity index (χ0n) is 14.6. The summed E-state index contributed by atoms with van der Waals surface area (Å²) in [4.78, 5) is 0. The molecule has 0 atom stereocenters. The van der Waals surface area contributed by atoms with Gasteiger partial charge in [0.25, 0.3) is 0 Å². The van der Waals surface area contributed by atoms with Gasteiger partial charge in [0.15, 0.2) is 0 Å². The third-order valence-corrected chi connectivity index (χ3v) is 2.71. The van der Waals surface area contributed by atoms with Crippen LogP contribution in [0.1, 0.15) is 50.7 Å². The van der Waals surface area contributed by atoms with Crippen molar-refractivity contribution in [2.75, 3.05) is 0 Å². The van der Waals surface area contributed by atoms with E-state index in [2.05, 4.69) is 89.3 Å². The van der Waals surface area contributed by atoms with Crippen LogP contribution in [0.25, 0.3) is 0 Å². The third-order valence-electron chi connectivity index (χ3n) is 2.71. The second kappa shape index (κ2) is 19.3. The molecule has 0 amide bonds. The molecule has 2 aromatic carbocycles. The van der Waals surface area contributed by atoms with Gasteiger partial charge in [-0.25, -0.2) is 12.1 Å². The molecule has 0 saturated heterocycles. The molecule has 0 aromatic heterocycles. The summed E-state index contributed by atoms with van der Waals surface area (Å²) in [7, 11) is 0.750. The maximum atomic E-state index is 2.21. The van der Waals surface area contributed by atoms with E-state index in [0.717, 1.165) is 9.52 Å². The fraction of sp³-hybridized carbons (Fsp3) is 0.444. The molecular formula is C18H29Cl2SiTi. The number of rotatable bonds is 2. The Balaban J connectivity index is -0.000000112. The molecule has 0 aliphatic rings. The maximum Gasteiger partial charge on any atom is 4.00 e. The van der Waals surface area contributed by atoms with Crippen LogP contribution < -0.4 is 24.8 Å². The first kappa shape index (κ1) is 30.1. The molecule has 2 rings (SSSR count). The Labute approximate surface area is 167 Å². The van der Waals surface area contributed by atoms with Crippen molar-refractivity contribution in [3.63, 3.8) is 0 Å². The van der Waals surface area contributed by atoms with Crippen molar-refractivity contribution in [2.45, 2.75) is 52.6 Å². The molecule has 0 aliphatic heterocycles. The van der Waals surface area contributed by atoms with E-state index in [1.807, 2.05) is 0 Å².